The number of carbonyl (C=O) groups excluding carboxylic acids is 1. The first kappa shape index (κ1) is 21.3. The highest BCUT2D eigenvalue weighted by molar-refractivity contribution is 5.97. The third kappa shape index (κ3) is 4.87. The average Bonchev–Trinajstić information content (AvgIpc) is 3.61. The average molecular weight is 433 g/mol. The van der Waals surface area contributed by atoms with Crippen LogP contribution in [0.1, 0.15) is 53.8 Å². The molecule has 4 rings (SSSR count). The quantitative estimate of drug-likeness (QED) is 0.588. The van der Waals surface area contributed by atoms with Crippen molar-refractivity contribution in [1.29, 1.82) is 0 Å². The molecule has 9 heteroatoms. The van der Waals surface area contributed by atoms with Gasteiger partial charge in [-0.1, -0.05) is 18.2 Å². The summed E-state index contributed by atoms with van der Waals surface area (Å²) < 4.78 is 50.1. The van der Waals surface area contributed by atoms with E-state index in [1.54, 1.807) is 30.5 Å². The standard InChI is InChI=1S/C22H22F3N3O3/c1-12(29)18-22(26-11-17(27-18)14-5-6-14)28-16-4-2-3-15(13-7-9-30-10-8-13)19(16)31-21(25)20(23)24/h2-4,7,11,14,20-21H,5-6,8-10H2,1H3,(H,26,28). The predicted octanol–water partition coefficient (Wildman–Crippen LogP) is 5.04. The highest BCUT2D eigenvalue weighted by Gasteiger charge is 2.28. The molecule has 1 saturated carbocycles. The summed E-state index contributed by atoms with van der Waals surface area (Å²) in [5.74, 6) is 0.0956. The van der Waals surface area contributed by atoms with Crippen LogP contribution < -0.4 is 10.1 Å². The molecule has 0 radical (unpaired) electrons. The molecule has 1 aromatic carbocycles. The highest BCUT2D eigenvalue weighted by atomic mass is 19.3. The lowest BCUT2D eigenvalue weighted by molar-refractivity contribution is -0.0666. The maximum absolute atomic E-state index is 13.9. The summed E-state index contributed by atoms with van der Waals surface area (Å²) in [5.41, 5.74) is 2.37. The Hall–Kier alpha value is -2.94. The molecule has 0 spiro atoms. The summed E-state index contributed by atoms with van der Waals surface area (Å²) in [5, 5.41) is 2.94. The Labute approximate surface area is 177 Å². The smallest absolute Gasteiger partial charge is 0.304 e. The van der Waals surface area contributed by atoms with E-state index < -0.39 is 12.8 Å². The summed E-state index contributed by atoms with van der Waals surface area (Å²) in [4.78, 5) is 20.9. The minimum atomic E-state index is -3.31. The van der Waals surface area contributed by atoms with Gasteiger partial charge in [0.2, 0.25) is 0 Å². The number of Topliss-reactive ketones (excluding diaryl/α,β-unsaturated/α-hetero) is 1. The lowest BCUT2D eigenvalue weighted by atomic mass is 9.99. The molecule has 6 nitrogen and oxygen atoms in total. The van der Waals surface area contributed by atoms with E-state index in [9.17, 15) is 18.0 Å². The fourth-order valence-corrected chi connectivity index (χ4v) is 3.39. The monoisotopic (exact) mass is 433 g/mol. The largest absolute Gasteiger partial charge is 0.452 e. The molecule has 164 valence electrons. The number of rotatable bonds is 8. The Balaban J connectivity index is 1.74. The van der Waals surface area contributed by atoms with Crippen molar-refractivity contribution in [1.82, 2.24) is 9.97 Å². The van der Waals surface area contributed by atoms with Gasteiger partial charge in [0.1, 0.15) is 5.69 Å². The van der Waals surface area contributed by atoms with Gasteiger partial charge in [0.15, 0.2) is 17.4 Å². The molecule has 1 N–H and O–H groups in total. The van der Waals surface area contributed by atoms with Crippen LogP contribution in [0.3, 0.4) is 0 Å². The van der Waals surface area contributed by atoms with E-state index in [0.717, 1.165) is 24.1 Å². The first-order valence-corrected chi connectivity index (χ1v) is 10.1. The predicted molar refractivity (Wildman–Crippen MR) is 109 cm³/mol. The normalized spacial score (nSPS) is 17.3. The molecule has 1 fully saturated rings. The van der Waals surface area contributed by atoms with Crippen molar-refractivity contribution in [2.75, 3.05) is 18.5 Å². The summed E-state index contributed by atoms with van der Waals surface area (Å²) in [6.07, 6.45) is -0.190. The van der Waals surface area contributed by atoms with E-state index in [-0.39, 0.29) is 28.7 Å². The van der Waals surface area contributed by atoms with E-state index in [2.05, 4.69) is 15.3 Å². The van der Waals surface area contributed by atoms with Gasteiger partial charge >= 0.3 is 6.43 Å². The van der Waals surface area contributed by atoms with Crippen LogP contribution in [-0.2, 0) is 4.74 Å². The lowest BCUT2D eigenvalue weighted by Crippen LogP contribution is -2.21. The number of hydrogen-bond donors (Lipinski definition) is 1. The van der Waals surface area contributed by atoms with Gasteiger partial charge in [0.05, 0.1) is 30.8 Å². The number of alkyl halides is 3. The van der Waals surface area contributed by atoms with E-state index in [1.807, 2.05) is 0 Å². The van der Waals surface area contributed by atoms with E-state index in [4.69, 9.17) is 9.47 Å². The molecule has 1 aromatic heterocycles. The molecule has 2 aliphatic rings. The SMILES string of the molecule is CC(=O)c1nc(C2CC2)cnc1Nc1cccc(C2=CCOCC2)c1OC(F)C(F)F. The Morgan fingerprint density at radius 3 is 2.74 bits per heavy atom. The maximum atomic E-state index is 13.9. The van der Waals surface area contributed by atoms with Gasteiger partial charge in [-0.2, -0.15) is 4.39 Å². The molecule has 2 heterocycles. The highest BCUT2D eigenvalue weighted by Crippen LogP contribution is 2.41. The van der Waals surface area contributed by atoms with Crippen LogP contribution in [0.5, 0.6) is 5.75 Å². The molecular formula is C22H22F3N3O3. The molecule has 0 amide bonds. The van der Waals surface area contributed by atoms with Gasteiger partial charge in [-0.15, -0.1) is 0 Å². The van der Waals surface area contributed by atoms with Crippen LogP contribution in [0.4, 0.5) is 24.7 Å². The Kier molecular flexibility index (Phi) is 6.22. The Bertz CT molecular complexity index is 1010. The van der Waals surface area contributed by atoms with Gasteiger partial charge in [0.25, 0.3) is 6.36 Å². The van der Waals surface area contributed by atoms with Gasteiger partial charge < -0.3 is 14.8 Å². The van der Waals surface area contributed by atoms with Crippen molar-refractivity contribution in [2.24, 2.45) is 0 Å². The topological polar surface area (TPSA) is 73.3 Å². The van der Waals surface area contributed by atoms with Crippen LogP contribution in [0.2, 0.25) is 0 Å². The van der Waals surface area contributed by atoms with Crippen molar-refractivity contribution in [3.63, 3.8) is 0 Å². The second-order valence-electron chi connectivity index (χ2n) is 7.49. The van der Waals surface area contributed by atoms with E-state index >= 15 is 0 Å². The maximum Gasteiger partial charge on any atom is 0.304 e. The first-order valence-electron chi connectivity index (χ1n) is 10.1. The minimum absolute atomic E-state index is 0.0778. The number of anilines is 2. The molecule has 0 saturated heterocycles. The molecule has 0 bridgehead atoms. The number of carbonyl (C=O) groups is 1. The zero-order chi connectivity index (χ0) is 22.0. The van der Waals surface area contributed by atoms with Gasteiger partial charge in [-0.25, -0.2) is 18.7 Å². The fraction of sp³-hybridized carbons (Fsp3) is 0.409. The number of halogens is 3. The van der Waals surface area contributed by atoms with Gasteiger partial charge in [-0.3, -0.25) is 4.79 Å². The summed E-state index contributed by atoms with van der Waals surface area (Å²) in [7, 11) is 0. The number of para-hydroxylation sites is 1. The van der Waals surface area contributed by atoms with Crippen molar-refractivity contribution in [3.8, 4) is 5.75 Å². The number of benzene rings is 1. The van der Waals surface area contributed by atoms with Crippen LogP contribution in [0.15, 0.2) is 30.5 Å². The number of hydrogen-bond acceptors (Lipinski definition) is 6. The minimum Gasteiger partial charge on any atom is -0.452 e. The number of nitrogens with zero attached hydrogens (tertiary/aromatic N) is 2. The summed E-state index contributed by atoms with van der Waals surface area (Å²) in [6.45, 7) is 2.20. The number of ether oxygens (including phenoxy) is 2. The van der Waals surface area contributed by atoms with E-state index in [0.29, 0.717) is 31.1 Å². The summed E-state index contributed by atoms with van der Waals surface area (Å²) in [6, 6.07) is 4.91. The Morgan fingerprint density at radius 2 is 2.10 bits per heavy atom. The van der Waals surface area contributed by atoms with Crippen molar-refractivity contribution < 1.29 is 27.4 Å². The number of nitrogens with one attached hydrogen (secondary N) is 1. The second-order valence-corrected chi connectivity index (χ2v) is 7.49. The zero-order valence-corrected chi connectivity index (χ0v) is 16.9. The molecule has 1 atom stereocenters. The van der Waals surface area contributed by atoms with Crippen LogP contribution >= 0.6 is 0 Å². The third-order valence-corrected chi connectivity index (χ3v) is 5.13. The van der Waals surface area contributed by atoms with Crippen molar-refractivity contribution >= 4 is 22.9 Å². The molecule has 31 heavy (non-hydrogen) atoms. The molecule has 1 unspecified atom stereocenters. The third-order valence-electron chi connectivity index (χ3n) is 5.13. The number of ketones is 1. The van der Waals surface area contributed by atoms with Gasteiger partial charge in [0, 0.05) is 18.4 Å². The number of aromatic nitrogens is 2. The van der Waals surface area contributed by atoms with Crippen LogP contribution in [0.25, 0.3) is 5.57 Å². The Morgan fingerprint density at radius 1 is 1.29 bits per heavy atom. The van der Waals surface area contributed by atoms with Crippen molar-refractivity contribution in [2.45, 2.75) is 44.9 Å². The van der Waals surface area contributed by atoms with Crippen LogP contribution in [-0.4, -0.2) is 41.7 Å². The summed E-state index contributed by atoms with van der Waals surface area (Å²) >= 11 is 0. The van der Waals surface area contributed by atoms with Gasteiger partial charge in [-0.05, 0) is 30.9 Å². The molecular weight excluding hydrogens is 411 g/mol. The van der Waals surface area contributed by atoms with E-state index in [1.165, 1.54) is 6.92 Å². The van der Waals surface area contributed by atoms with Crippen LogP contribution in [0, 0.1) is 0 Å². The lowest BCUT2D eigenvalue weighted by Gasteiger charge is -2.22. The first-order chi connectivity index (χ1) is 14.9. The second kappa shape index (κ2) is 9.05. The zero-order valence-electron chi connectivity index (χ0n) is 16.9. The fourth-order valence-electron chi connectivity index (χ4n) is 3.39. The molecule has 1 aliphatic heterocycles. The van der Waals surface area contributed by atoms with Crippen molar-refractivity contribution in [3.05, 3.63) is 47.4 Å². The molecule has 2 aromatic rings. The molecule has 1 aliphatic carbocycles.